The SMILES string of the molecule is CCNC(=O)C(C)(NC)C(=O)OC(C)(C)C. The molecule has 0 saturated carbocycles. The standard InChI is InChI=1S/C11H22N2O3/c1-7-13-8(14)11(5,12-6)9(15)16-10(2,3)4/h12H,7H2,1-6H3,(H,13,14). The van der Waals surface area contributed by atoms with Crippen molar-refractivity contribution < 1.29 is 14.3 Å². The highest BCUT2D eigenvalue weighted by Crippen LogP contribution is 2.14. The highest BCUT2D eigenvalue weighted by atomic mass is 16.6. The summed E-state index contributed by atoms with van der Waals surface area (Å²) in [7, 11) is 1.55. The lowest BCUT2D eigenvalue weighted by Crippen LogP contribution is -2.60. The van der Waals surface area contributed by atoms with Crippen molar-refractivity contribution in [3.63, 3.8) is 0 Å². The van der Waals surface area contributed by atoms with E-state index in [-0.39, 0.29) is 5.91 Å². The third kappa shape index (κ3) is 3.81. The van der Waals surface area contributed by atoms with Crippen molar-refractivity contribution in [1.82, 2.24) is 10.6 Å². The smallest absolute Gasteiger partial charge is 0.336 e. The second kappa shape index (κ2) is 5.30. The highest BCUT2D eigenvalue weighted by molar-refractivity contribution is 6.07. The molecule has 1 unspecified atom stereocenters. The Bertz CT molecular complexity index is 271. The maximum absolute atomic E-state index is 11.9. The fraction of sp³-hybridized carbons (Fsp3) is 0.818. The van der Waals surface area contributed by atoms with Crippen LogP contribution in [0.15, 0.2) is 0 Å². The molecule has 16 heavy (non-hydrogen) atoms. The van der Waals surface area contributed by atoms with Crippen LogP contribution in [0, 0.1) is 0 Å². The minimum atomic E-state index is -1.34. The number of carbonyl (C=O) groups is 2. The predicted molar refractivity (Wildman–Crippen MR) is 62.0 cm³/mol. The molecule has 0 radical (unpaired) electrons. The van der Waals surface area contributed by atoms with Gasteiger partial charge in [-0.2, -0.15) is 0 Å². The van der Waals surface area contributed by atoms with Crippen LogP contribution >= 0.6 is 0 Å². The molecule has 0 aromatic carbocycles. The summed E-state index contributed by atoms with van der Waals surface area (Å²) in [5, 5.41) is 5.30. The molecule has 0 aliphatic carbocycles. The molecular weight excluding hydrogens is 208 g/mol. The molecule has 2 N–H and O–H groups in total. The van der Waals surface area contributed by atoms with E-state index in [1.165, 1.54) is 6.92 Å². The van der Waals surface area contributed by atoms with E-state index >= 15 is 0 Å². The molecule has 0 spiro atoms. The highest BCUT2D eigenvalue weighted by Gasteiger charge is 2.42. The van der Waals surface area contributed by atoms with Crippen LogP contribution in [0.1, 0.15) is 34.6 Å². The topological polar surface area (TPSA) is 67.4 Å². The quantitative estimate of drug-likeness (QED) is 0.543. The number of hydrogen-bond acceptors (Lipinski definition) is 4. The van der Waals surface area contributed by atoms with E-state index in [0.29, 0.717) is 6.54 Å². The minimum absolute atomic E-state index is 0.383. The zero-order valence-electron chi connectivity index (χ0n) is 10.9. The van der Waals surface area contributed by atoms with Crippen molar-refractivity contribution in [3.05, 3.63) is 0 Å². The van der Waals surface area contributed by atoms with E-state index in [0.717, 1.165) is 0 Å². The first-order chi connectivity index (χ1) is 7.17. The molecule has 5 nitrogen and oxygen atoms in total. The Balaban J connectivity index is 4.82. The van der Waals surface area contributed by atoms with Gasteiger partial charge in [-0.3, -0.25) is 10.1 Å². The van der Waals surface area contributed by atoms with E-state index in [1.807, 2.05) is 0 Å². The minimum Gasteiger partial charge on any atom is -0.458 e. The number of likely N-dealkylation sites (N-methyl/N-ethyl adjacent to an activating group) is 2. The maximum atomic E-state index is 11.9. The lowest BCUT2D eigenvalue weighted by atomic mass is 10.0. The van der Waals surface area contributed by atoms with Gasteiger partial charge in [-0.05, 0) is 41.7 Å². The van der Waals surface area contributed by atoms with Gasteiger partial charge in [0.25, 0.3) is 5.91 Å². The first-order valence-electron chi connectivity index (χ1n) is 5.38. The van der Waals surface area contributed by atoms with Crippen LogP contribution in [-0.2, 0) is 14.3 Å². The number of nitrogens with one attached hydrogen (secondary N) is 2. The monoisotopic (exact) mass is 230 g/mol. The first kappa shape index (κ1) is 14.9. The number of hydrogen-bond donors (Lipinski definition) is 2. The summed E-state index contributed by atoms with van der Waals surface area (Å²) in [5.41, 5.74) is -1.95. The van der Waals surface area contributed by atoms with Gasteiger partial charge >= 0.3 is 5.97 Å². The van der Waals surface area contributed by atoms with Crippen molar-refractivity contribution in [2.45, 2.75) is 45.8 Å². The summed E-state index contributed by atoms with van der Waals surface area (Å²) in [5.74, 6) is -0.958. The van der Waals surface area contributed by atoms with Crippen LogP contribution in [0.3, 0.4) is 0 Å². The van der Waals surface area contributed by atoms with Crippen molar-refractivity contribution in [3.8, 4) is 0 Å². The summed E-state index contributed by atoms with van der Waals surface area (Å²) in [6.45, 7) is 9.06. The van der Waals surface area contributed by atoms with Gasteiger partial charge in [-0.1, -0.05) is 0 Å². The Hall–Kier alpha value is -1.10. The Morgan fingerprint density at radius 3 is 2.00 bits per heavy atom. The summed E-state index contributed by atoms with van der Waals surface area (Å²) in [4.78, 5) is 23.6. The van der Waals surface area contributed by atoms with Gasteiger partial charge in [-0.15, -0.1) is 0 Å². The van der Waals surface area contributed by atoms with Gasteiger partial charge in [0.15, 0.2) is 5.54 Å². The van der Waals surface area contributed by atoms with E-state index in [4.69, 9.17) is 4.74 Å². The van der Waals surface area contributed by atoms with Gasteiger partial charge in [0.05, 0.1) is 0 Å². The number of amides is 1. The average Bonchev–Trinajstić information content (AvgIpc) is 2.14. The Labute approximate surface area is 96.9 Å². The van der Waals surface area contributed by atoms with E-state index in [1.54, 1.807) is 34.7 Å². The van der Waals surface area contributed by atoms with Crippen molar-refractivity contribution >= 4 is 11.9 Å². The molecule has 0 aliphatic rings. The van der Waals surface area contributed by atoms with Crippen molar-refractivity contribution in [1.29, 1.82) is 0 Å². The summed E-state index contributed by atoms with van der Waals surface area (Å²) < 4.78 is 5.20. The molecule has 1 atom stereocenters. The summed E-state index contributed by atoms with van der Waals surface area (Å²) in [6, 6.07) is 0. The molecule has 0 aromatic rings. The maximum Gasteiger partial charge on any atom is 0.336 e. The lowest BCUT2D eigenvalue weighted by Gasteiger charge is -2.29. The van der Waals surface area contributed by atoms with Gasteiger partial charge in [0, 0.05) is 6.54 Å². The molecule has 5 heteroatoms. The number of esters is 1. The second-order valence-corrected chi connectivity index (χ2v) is 4.74. The largest absolute Gasteiger partial charge is 0.458 e. The summed E-state index contributed by atoms with van der Waals surface area (Å²) in [6.07, 6.45) is 0. The Morgan fingerprint density at radius 1 is 1.19 bits per heavy atom. The molecule has 0 rings (SSSR count). The van der Waals surface area contributed by atoms with E-state index in [9.17, 15) is 9.59 Å². The molecule has 0 aromatic heterocycles. The molecule has 94 valence electrons. The van der Waals surface area contributed by atoms with Gasteiger partial charge in [0.1, 0.15) is 5.60 Å². The Morgan fingerprint density at radius 2 is 1.69 bits per heavy atom. The van der Waals surface area contributed by atoms with Gasteiger partial charge in [-0.25, -0.2) is 4.79 Å². The third-order valence-electron chi connectivity index (χ3n) is 2.10. The third-order valence-corrected chi connectivity index (χ3v) is 2.10. The van der Waals surface area contributed by atoms with Crippen LogP contribution in [-0.4, -0.2) is 36.6 Å². The van der Waals surface area contributed by atoms with Crippen LogP contribution in [0.25, 0.3) is 0 Å². The number of ether oxygens (including phenoxy) is 1. The van der Waals surface area contributed by atoms with Gasteiger partial charge < -0.3 is 10.1 Å². The Kier molecular flexibility index (Phi) is 4.93. The molecule has 0 aliphatic heterocycles. The zero-order chi connectivity index (χ0) is 13.0. The number of rotatable bonds is 4. The van der Waals surface area contributed by atoms with E-state index < -0.39 is 17.1 Å². The second-order valence-electron chi connectivity index (χ2n) is 4.74. The van der Waals surface area contributed by atoms with Crippen LogP contribution in [0.4, 0.5) is 0 Å². The average molecular weight is 230 g/mol. The predicted octanol–water partition coefficient (Wildman–Crippen LogP) is 0.442. The molecule has 0 heterocycles. The van der Waals surface area contributed by atoms with Crippen LogP contribution in [0.5, 0.6) is 0 Å². The molecule has 0 saturated heterocycles. The number of carbonyl (C=O) groups excluding carboxylic acids is 2. The van der Waals surface area contributed by atoms with Crippen LogP contribution < -0.4 is 10.6 Å². The fourth-order valence-electron chi connectivity index (χ4n) is 1.03. The molecule has 0 bridgehead atoms. The zero-order valence-corrected chi connectivity index (χ0v) is 10.9. The van der Waals surface area contributed by atoms with E-state index in [2.05, 4.69) is 10.6 Å². The summed E-state index contributed by atoms with van der Waals surface area (Å²) >= 11 is 0. The van der Waals surface area contributed by atoms with Gasteiger partial charge in [0.2, 0.25) is 0 Å². The normalized spacial score (nSPS) is 15.1. The molecular formula is C11H22N2O3. The van der Waals surface area contributed by atoms with Crippen LogP contribution in [0.2, 0.25) is 0 Å². The lowest BCUT2D eigenvalue weighted by molar-refractivity contribution is -0.165. The first-order valence-corrected chi connectivity index (χ1v) is 5.38. The fourth-order valence-corrected chi connectivity index (χ4v) is 1.03. The van der Waals surface area contributed by atoms with Crippen molar-refractivity contribution in [2.75, 3.05) is 13.6 Å². The molecule has 1 amide bonds. The van der Waals surface area contributed by atoms with Crippen molar-refractivity contribution in [2.24, 2.45) is 0 Å². The molecule has 0 fully saturated rings.